The molecule has 0 amide bonds. The van der Waals surface area contributed by atoms with Crippen LogP contribution in [-0.4, -0.2) is 23.4 Å². The normalized spacial score (nSPS) is 13.1. The maximum Gasteiger partial charge on any atom is 0.232 e. The summed E-state index contributed by atoms with van der Waals surface area (Å²) in [5, 5.41) is 7.71. The van der Waals surface area contributed by atoms with Crippen LogP contribution >= 0.6 is 0 Å². The molecule has 0 radical (unpaired) electrons. The summed E-state index contributed by atoms with van der Waals surface area (Å²) in [5.74, 6) is 1.13. The van der Waals surface area contributed by atoms with E-state index in [1.807, 2.05) is 13.8 Å². The summed E-state index contributed by atoms with van der Waals surface area (Å²) in [7, 11) is 0. The molecule has 0 bridgehead atoms. The number of rotatable bonds is 6. The van der Waals surface area contributed by atoms with Crippen LogP contribution in [0.15, 0.2) is 4.42 Å². The molecule has 1 atom stereocenters. The Morgan fingerprint density at radius 1 is 1.50 bits per heavy atom. The second kappa shape index (κ2) is 5.72. The van der Waals surface area contributed by atoms with Gasteiger partial charge < -0.3 is 14.9 Å². The van der Waals surface area contributed by atoms with Crippen molar-refractivity contribution >= 4 is 0 Å². The Morgan fingerprint density at radius 3 is 2.86 bits per heavy atom. The predicted octanol–water partition coefficient (Wildman–Crippen LogP) is 1.06. The van der Waals surface area contributed by atoms with Crippen molar-refractivity contribution in [3.8, 4) is 0 Å². The van der Waals surface area contributed by atoms with Crippen LogP contribution in [-0.2, 0) is 11.2 Å². The summed E-state index contributed by atoms with van der Waals surface area (Å²) in [4.78, 5) is 0. The van der Waals surface area contributed by atoms with Crippen LogP contribution < -0.4 is 5.73 Å². The molecule has 0 saturated heterocycles. The quantitative estimate of drug-likeness (QED) is 0.693. The molecule has 1 aromatic heterocycles. The highest BCUT2D eigenvalue weighted by molar-refractivity contribution is 4.86. The number of hydrogen-bond acceptors (Lipinski definition) is 5. The first-order chi connectivity index (χ1) is 6.74. The van der Waals surface area contributed by atoms with Crippen LogP contribution in [0.1, 0.15) is 38.1 Å². The lowest BCUT2D eigenvalue weighted by Gasteiger charge is -1.98. The van der Waals surface area contributed by atoms with Crippen molar-refractivity contribution in [2.75, 3.05) is 13.2 Å². The molecule has 80 valence electrons. The number of nitrogens with zero attached hydrogens (tertiary/aromatic N) is 2. The molecule has 0 aliphatic heterocycles. The zero-order valence-corrected chi connectivity index (χ0v) is 8.69. The van der Waals surface area contributed by atoms with E-state index in [1.54, 1.807) is 0 Å². The Balaban J connectivity index is 2.29. The van der Waals surface area contributed by atoms with Gasteiger partial charge >= 0.3 is 0 Å². The van der Waals surface area contributed by atoms with Crippen LogP contribution in [0, 0.1) is 0 Å². The van der Waals surface area contributed by atoms with Crippen LogP contribution in [0.2, 0.25) is 0 Å². The average Bonchev–Trinajstić information content (AvgIpc) is 2.61. The monoisotopic (exact) mass is 199 g/mol. The van der Waals surface area contributed by atoms with Crippen LogP contribution in [0.4, 0.5) is 0 Å². The third-order valence-corrected chi connectivity index (χ3v) is 1.76. The van der Waals surface area contributed by atoms with E-state index in [0.717, 1.165) is 26.1 Å². The maximum atomic E-state index is 5.58. The minimum absolute atomic E-state index is 0.192. The summed E-state index contributed by atoms with van der Waals surface area (Å²) in [6.45, 7) is 5.26. The first-order valence-electron chi connectivity index (χ1n) is 4.89. The summed E-state index contributed by atoms with van der Waals surface area (Å²) in [5.41, 5.74) is 5.58. The predicted molar refractivity (Wildman–Crippen MR) is 51.7 cm³/mol. The van der Waals surface area contributed by atoms with Gasteiger partial charge in [-0.15, -0.1) is 10.2 Å². The molecule has 0 aromatic carbocycles. The molecule has 1 aromatic rings. The molecule has 0 saturated carbocycles. The van der Waals surface area contributed by atoms with Gasteiger partial charge in [-0.3, -0.25) is 0 Å². The molecule has 5 nitrogen and oxygen atoms in total. The Kier molecular flexibility index (Phi) is 4.55. The molecule has 1 unspecified atom stereocenters. The lowest BCUT2D eigenvalue weighted by Crippen LogP contribution is -2.04. The standard InChI is InChI=1S/C9H17N3O2/c1-3-13-6-4-5-8-11-12-9(14-8)7(2)10/h7H,3-6,10H2,1-2H3. The van der Waals surface area contributed by atoms with E-state index in [0.29, 0.717) is 11.8 Å². The number of ether oxygens (including phenoxy) is 1. The van der Waals surface area contributed by atoms with Crippen molar-refractivity contribution in [2.24, 2.45) is 5.73 Å². The highest BCUT2D eigenvalue weighted by Crippen LogP contribution is 2.08. The fourth-order valence-corrected chi connectivity index (χ4v) is 1.02. The molecular weight excluding hydrogens is 182 g/mol. The second-order valence-corrected chi connectivity index (χ2v) is 3.12. The van der Waals surface area contributed by atoms with Crippen LogP contribution in [0.5, 0.6) is 0 Å². The van der Waals surface area contributed by atoms with Gasteiger partial charge in [-0.25, -0.2) is 0 Å². The van der Waals surface area contributed by atoms with Gasteiger partial charge in [0.15, 0.2) is 0 Å². The van der Waals surface area contributed by atoms with E-state index in [4.69, 9.17) is 14.9 Å². The van der Waals surface area contributed by atoms with E-state index >= 15 is 0 Å². The zero-order valence-electron chi connectivity index (χ0n) is 8.69. The number of aromatic nitrogens is 2. The lowest BCUT2D eigenvalue weighted by atomic mass is 10.3. The minimum atomic E-state index is -0.192. The molecule has 0 spiro atoms. The molecule has 0 aliphatic rings. The van der Waals surface area contributed by atoms with Gasteiger partial charge in [-0.2, -0.15) is 0 Å². The molecule has 2 N–H and O–H groups in total. The van der Waals surface area contributed by atoms with E-state index in [9.17, 15) is 0 Å². The summed E-state index contributed by atoms with van der Waals surface area (Å²) < 4.78 is 10.5. The van der Waals surface area contributed by atoms with Gasteiger partial charge in [0.25, 0.3) is 0 Å². The first-order valence-corrected chi connectivity index (χ1v) is 4.89. The number of hydrogen-bond donors (Lipinski definition) is 1. The van der Waals surface area contributed by atoms with Crippen molar-refractivity contribution in [2.45, 2.75) is 32.7 Å². The summed E-state index contributed by atoms with van der Waals surface area (Å²) >= 11 is 0. The van der Waals surface area contributed by atoms with Gasteiger partial charge in [0.1, 0.15) is 0 Å². The van der Waals surface area contributed by atoms with Gasteiger partial charge in [0.05, 0.1) is 6.04 Å². The Bertz CT molecular complexity index is 260. The Hall–Kier alpha value is -0.940. The smallest absolute Gasteiger partial charge is 0.232 e. The molecule has 5 heteroatoms. The van der Waals surface area contributed by atoms with Gasteiger partial charge in [0, 0.05) is 19.6 Å². The Labute approximate surface area is 83.6 Å². The number of nitrogens with two attached hydrogens (primary N) is 1. The van der Waals surface area contributed by atoms with E-state index in [-0.39, 0.29) is 6.04 Å². The lowest BCUT2D eigenvalue weighted by molar-refractivity contribution is 0.143. The second-order valence-electron chi connectivity index (χ2n) is 3.12. The summed E-state index contributed by atoms with van der Waals surface area (Å²) in [6, 6.07) is -0.192. The van der Waals surface area contributed by atoms with Crippen molar-refractivity contribution in [3.63, 3.8) is 0 Å². The van der Waals surface area contributed by atoms with Gasteiger partial charge in [0.2, 0.25) is 11.8 Å². The third-order valence-electron chi connectivity index (χ3n) is 1.76. The average molecular weight is 199 g/mol. The minimum Gasteiger partial charge on any atom is -0.424 e. The van der Waals surface area contributed by atoms with Crippen molar-refractivity contribution in [1.29, 1.82) is 0 Å². The molecule has 14 heavy (non-hydrogen) atoms. The van der Waals surface area contributed by atoms with E-state index in [1.165, 1.54) is 0 Å². The summed E-state index contributed by atoms with van der Waals surface area (Å²) in [6.07, 6.45) is 1.65. The van der Waals surface area contributed by atoms with Crippen LogP contribution in [0.25, 0.3) is 0 Å². The molecule has 0 aliphatic carbocycles. The fraction of sp³-hybridized carbons (Fsp3) is 0.778. The maximum absolute atomic E-state index is 5.58. The highest BCUT2D eigenvalue weighted by Gasteiger charge is 2.08. The molecule has 0 fully saturated rings. The zero-order chi connectivity index (χ0) is 10.4. The van der Waals surface area contributed by atoms with Gasteiger partial charge in [-0.05, 0) is 20.3 Å². The first kappa shape index (κ1) is 11.1. The van der Waals surface area contributed by atoms with E-state index in [2.05, 4.69) is 10.2 Å². The fourth-order valence-electron chi connectivity index (χ4n) is 1.02. The molecule has 1 heterocycles. The number of aryl methyl sites for hydroxylation is 1. The van der Waals surface area contributed by atoms with Crippen molar-refractivity contribution in [3.05, 3.63) is 11.8 Å². The van der Waals surface area contributed by atoms with E-state index < -0.39 is 0 Å². The molecular formula is C9H17N3O2. The highest BCUT2D eigenvalue weighted by atomic mass is 16.5. The Morgan fingerprint density at radius 2 is 2.29 bits per heavy atom. The SMILES string of the molecule is CCOCCCc1nnc(C(C)N)o1. The third kappa shape index (κ3) is 3.43. The molecule has 1 rings (SSSR count). The van der Waals surface area contributed by atoms with Crippen LogP contribution in [0.3, 0.4) is 0 Å². The van der Waals surface area contributed by atoms with Crippen molar-refractivity contribution < 1.29 is 9.15 Å². The largest absolute Gasteiger partial charge is 0.424 e. The van der Waals surface area contributed by atoms with Crippen molar-refractivity contribution in [1.82, 2.24) is 10.2 Å². The topological polar surface area (TPSA) is 74.2 Å². The van der Waals surface area contributed by atoms with Gasteiger partial charge in [-0.1, -0.05) is 0 Å².